The molecule has 2 heterocycles. The average Bonchev–Trinajstić information content (AvgIpc) is 2.91. The van der Waals surface area contributed by atoms with E-state index in [9.17, 15) is 28.6 Å². The highest BCUT2D eigenvalue weighted by Gasteiger charge is 2.42. The molecule has 3 rings (SSSR count). The molecule has 1 saturated heterocycles. The minimum absolute atomic E-state index is 0.0864. The van der Waals surface area contributed by atoms with Crippen LogP contribution < -0.4 is 15.7 Å². The maximum absolute atomic E-state index is 14.4. The van der Waals surface area contributed by atoms with Crippen LogP contribution in [0.4, 0.5) is 14.6 Å². The molecule has 3 N–H and O–H groups in total. The zero-order valence-electron chi connectivity index (χ0n) is 14.8. The summed E-state index contributed by atoms with van der Waals surface area (Å²) >= 11 is 0. The Morgan fingerprint density at radius 1 is 1.29 bits per heavy atom. The first-order valence-corrected chi connectivity index (χ1v) is 8.18. The van der Waals surface area contributed by atoms with E-state index in [0.29, 0.717) is 10.8 Å². The van der Waals surface area contributed by atoms with Crippen LogP contribution in [0.1, 0.15) is 23.5 Å². The Balaban J connectivity index is 1.90. The molecule has 0 spiro atoms. The standard InChI is InChI=1S/C17H17F2N3O6/c1-7-12(23)13(24)16(28-7)22-6-9(19)14(21-17(22)26)20-15(25)11-8(18)4-3-5-10(11)27-2/h3-7,12-13,16,23-24H,1-2H3,(H,20,21,25,26)/t7-,12-,13-,16-/m1/s1. The first kappa shape index (κ1) is 19.9. The van der Waals surface area contributed by atoms with Crippen LogP contribution in [0.2, 0.25) is 0 Å². The number of amides is 1. The number of methoxy groups -OCH3 is 1. The third kappa shape index (κ3) is 3.46. The van der Waals surface area contributed by atoms with E-state index in [0.717, 1.165) is 6.07 Å². The molecular weight excluding hydrogens is 380 g/mol. The SMILES string of the molecule is COc1cccc(F)c1C(=O)Nc1nc(=O)n([C@@H]2O[C@H](C)[C@@H](O)[C@H]2O)cc1F. The summed E-state index contributed by atoms with van der Waals surface area (Å²) in [6.45, 7) is 1.47. The topological polar surface area (TPSA) is 123 Å². The largest absolute Gasteiger partial charge is 0.496 e. The fourth-order valence-electron chi connectivity index (χ4n) is 2.84. The summed E-state index contributed by atoms with van der Waals surface area (Å²) in [6.07, 6.45) is -4.22. The van der Waals surface area contributed by atoms with Gasteiger partial charge in [-0.05, 0) is 19.1 Å². The lowest BCUT2D eigenvalue weighted by molar-refractivity contribution is -0.0355. The number of aliphatic hydroxyl groups excluding tert-OH is 2. The number of carbonyl (C=O) groups is 1. The molecule has 0 radical (unpaired) electrons. The van der Waals surface area contributed by atoms with Gasteiger partial charge in [-0.2, -0.15) is 4.98 Å². The van der Waals surface area contributed by atoms with Gasteiger partial charge in [-0.1, -0.05) is 6.07 Å². The van der Waals surface area contributed by atoms with Gasteiger partial charge < -0.3 is 25.0 Å². The van der Waals surface area contributed by atoms with Crippen LogP contribution in [0, 0.1) is 11.6 Å². The zero-order chi connectivity index (χ0) is 20.6. The summed E-state index contributed by atoms with van der Waals surface area (Å²) in [5, 5.41) is 21.7. The van der Waals surface area contributed by atoms with Crippen LogP contribution in [0.25, 0.3) is 0 Å². The number of hydrogen-bond acceptors (Lipinski definition) is 7. The first-order valence-electron chi connectivity index (χ1n) is 8.18. The van der Waals surface area contributed by atoms with E-state index in [4.69, 9.17) is 9.47 Å². The number of halogens is 2. The molecule has 1 amide bonds. The van der Waals surface area contributed by atoms with Gasteiger partial charge in [0.05, 0.1) is 19.4 Å². The Morgan fingerprint density at radius 2 is 2.00 bits per heavy atom. The number of nitrogens with zero attached hydrogens (tertiary/aromatic N) is 2. The van der Waals surface area contributed by atoms with E-state index >= 15 is 0 Å². The number of nitrogens with one attached hydrogen (secondary N) is 1. The van der Waals surface area contributed by atoms with Crippen molar-refractivity contribution in [1.82, 2.24) is 9.55 Å². The summed E-state index contributed by atoms with van der Waals surface area (Å²) in [4.78, 5) is 27.9. The third-order valence-electron chi connectivity index (χ3n) is 4.31. The Kier molecular flexibility index (Phi) is 5.40. The third-order valence-corrected chi connectivity index (χ3v) is 4.31. The maximum atomic E-state index is 14.4. The Bertz CT molecular complexity index is 966. The molecule has 1 aromatic carbocycles. The van der Waals surface area contributed by atoms with Gasteiger partial charge >= 0.3 is 5.69 Å². The number of rotatable bonds is 4. The number of hydrogen-bond donors (Lipinski definition) is 3. The molecule has 9 nitrogen and oxygen atoms in total. The minimum Gasteiger partial charge on any atom is -0.496 e. The molecule has 0 aliphatic carbocycles. The second-order valence-electron chi connectivity index (χ2n) is 6.11. The number of carbonyl (C=O) groups excluding carboxylic acids is 1. The first-order chi connectivity index (χ1) is 13.2. The van der Waals surface area contributed by atoms with E-state index < -0.39 is 59.2 Å². The van der Waals surface area contributed by atoms with Crippen molar-refractivity contribution in [3.05, 3.63) is 52.1 Å². The van der Waals surface area contributed by atoms with Crippen LogP contribution >= 0.6 is 0 Å². The van der Waals surface area contributed by atoms with Gasteiger partial charge in [-0.3, -0.25) is 9.36 Å². The highest BCUT2D eigenvalue weighted by atomic mass is 19.1. The van der Waals surface area contributed by atoms with E-state index in [-0.39, 0.29) is 5.75 Å². The van der Waals surface area contributed by atoms with E-state index in [1.807, 2.05) is 5.32 Å². The zero-order valence-corrected chi connectivity index (χ0v) is 14.8. The minimum atomic E-state index is -1.47. The lowest BCUT2D eigenvalue weighted by Crippen LogP contribution is -2.36. The number of aliphatic hydroxyl groups is 2. The second-order valence-corrected chi connectivity index (χ2v) is 6.11. The monoisotopic (exact) mass is 397 g/mol. The van der Waals surface area contributed by atoms with E-state index in [2.05, 4.69) is 4.98 Å². The van der Waals surface area contributed by atoms with Crippen LogP contribution in [0.5, 0.6) is 5.75 Å². The van der Waals surface area contributed by atoms with Crippen molar-refractivity contribution in [1.29, 1.82) is 0 Å². The molecule has 0 saturated carbocycles. The predicted molar refractivity (Wildman–Crippen MR) is 91.0 cm³/mol. The van der Waals surface area contributed by atoms with Crippen LogP contribution in [-0.2, 0) is 4.74 Å². The fraction of sp³-hybridized carbons (Fsp3) is 0.353. The predicted octanol–water partition coefficient (Wildman–Crippen LogP) is 0.421. The Labute approximate surface area is 157 Å². The van der Waals surface area contributed by atoms with Crippen LogP contribution in [0.3, 0.4) is 0 Å². The van der Waals surface area contributed by atoms with Gasteiger partial charge in [-0.25, -0.2) is 13.6 Å². The van der Waals surface area contributed by atoms with Crippen molar-refractivity contribution in [2.45, 2.75) is 31.5 Å². The average molecular weight is 397 g/mol. The molecule has 0 bridgehead atoms. The van der Waals surface area contributed by atoms with Gasteiger partial charge in [0.1, 0.15) is 29.3 Å². The number of ether oxygens (including phenoxy) is 2. The molecule has 1 aliphatic rings. The molecule has 2 aromatic rings. The molecule has 150 valence electrons. The lowest BCUT2D eigenvalue weighted by Gasteiger charge is -2.18. The molecule has 1 fully saturated rings. The smallest absolute Gasteiger partial charge is 0.351 e. The van der Waals surface area contributed by atoms with Crippen molar-refractivity contribution in [2.24, 2.45) is 0 Å². The highest BCUT2D eigenvalue weighted by Crippen LogP contribution is 2.28. The van der Waals surface area contributed by atoms with Crippen molar-refractivity contribution >= 4 is 11.7 Å². The normalized spacial score (nSPS) is 24.2. The number of anilines is 1. The quantitative estimate of drug-likeness (QED) is 0.683. The number of benzene rings is 1. The van der Waals surface area contributed by atoms with Crippen LogP contribution in [-0.4, -0.2) is 51.1 Å². The van der Waals surface area contributed by atoms with Crippen molar-refractivity contribution < 1.29 is 33.3 Å². The summed E-state index contributed by atoms with van der Waals surface area (Å²) in [5.41, 5.74) is -1.54. The molecule has 1 aliphatic heterocycles. The summed E-state index contributed by atoms with van der Waals surface area (Å²) in [6, 6.07) is 3.68. The summed E-state index contributed by atoms with van der Waals surface area (Å²) in [7, 11) is 1.23. The van der Waals surface area contributed by atoms with Crippen molar-refractivity contribution in [3.8, 4) is 5.75 Å². The molecular formula is C17H17F2N3O6. The van der Waals surface area contributed by atoms with E-state index in [1.165, 1.54) is 26.2 Å². The molecule has 0 unspecified atom stereocenters. The fourth-order valence-corrected chi connectivity index (χ4v) is 2.84. The van der Waals surface area contributed by atoms with Gasteiger partial charge in [0, 0.05) is 0 Å². The van der Waals surface area contributed by atoms with Gasteiger partial charge in [0.25, 0.3) is 5.91 Å². The highest BCUT2D eigenvalue weighted by molar-refractivity contribution is 6.06. The second kappa shape index (κ2) is 7.62. The van der Waals surface area contributed by atoms with Gasteiger partial charge in [-0.15, -0.1) is 0 Å². The number of aromatic nitrogens is 2. The lowest BCUT2D eigenvalue weighted by atomic mass is 10.1. The van der Waals surface area contributed by atoms with Gasteiger partial charge in [0.15, 0.2) is 17.9 Å². The Morgan fingerprint density at radius 3 is 2.61 bits per heavy atom. The van der Waals surface area contributed by atoms with E-state index in [1.54, 1.807) is 0 Å². The Hall–Kier alpha value is -2.89. The van der Waals surface area contributed by atoms with Crippen molar-refractivity contribution in [2.75, 3.05) is 12.4 Å². The van der Waals surface area contributed by atoms with Crippen molar-refractivity contribution in [3.63, 3.8) is 0 Å². The summed E-state index contributed by atoms with van der Waals surface area (Å²) < 4.78 is 39.2. The molecule has 11 heteroatoms. The molecule has 4 atom stereocenters. The molecule has 1 aromatic heterocycles. The molecule has 28 heavy (non-hydrogen) atoms. The summed E-state index contributed by atoms with van der Waals surface area (Å²) in [5.74, 6) is -3.93. The maximum Gasteiger partial charge on any atom is 0.351 e. The van der Waals surface area contributed by atoms with Gasteiger partial charge in [0.2, 0.25) is 0 Å². The van der Waals surface area contributed by atoms with Crippen LogP contribution in [0.15, 0.2) is 29.2 Å².